The summed E-state index contributed by atoms with van der Waals surface area (Å²) in [5, 5.41) is 4.88. The Bertz CT molecular complexity index is 1690. The van der Waals surface area contributed by atoms with E-state index >= 15 is 0 Å². The zero-order valence-corrected chi connectivity index (χ0v) is 21.1. The first-order chi connectivity index (χ1) is 17.8. The Labute approximate surface area is 214 Å². The molecule has 1 aliphatic rings. The van der Waals surface area contributed by atoms with Gasteiger partial charge in [-0.05, 0) is 48.9 Å². The van der Waals surface area contributed by atoms with Crippen LogP contribution < -0.4 is 0 Å². The van der Waals surface area contributed by atoms with Crippen LogP contribution in [0.2, 0.25) is 0 Å². The summed E-state index contributed by atoms with van der Waals surface area (Å²) in [5.41, 5.74) is 7.38. The number of rotatable bonds is 6. The lowest BCUT2D eigenvalue weighted by Gasteiger charge is -2.11. The number of pyridine rings is 3. The van der Waals surface area contributed by atoms with Gasteiger partial charge >= 0.3 is 0 Å². The number of aromatic nitrogens is 7. The maximum absolute atomic E-state index is 11.9. The minimum Gasteiger partial charge on any atom is -0.339 e. The molecular formula is C26H24N8O2S. The minimum absolute atomic E-state index is 0.258. The maximum atomic E-state index is 11.9. The molecule has 37 heavy (non-hydrogen) atoms. The second-order valence-electron chi connectivity index (χ2n) is 9.05. The van der Waals surface area contributed by atoms with E-state index in [4.69, 9.17) is 10.1 Å². The molecular weight excluding hydrogens is 488 g/mol. The van der Waals surface area contributed by atoms with E-state index in [1.54, 1.807) is 12.4 Å². The van der Waals surface area contributed by atoms with Crippen LogP contribution in [0.3, 0.4) is 0 Å². The van der Waals surface area contributed by atoms with E-state index in [0.29, 0.717) is 18.1 Å². The summed E-state index contributed by atoms with van der Waals surface area (Å²) in [6.45, 7) is 3.02. The van der Waals surface area contributed by atoms with Crippen LogP contribution in [0.4, 0.5) is 0 Å². The highest BCUT2D eigenvalue weighted by molar-refractivity contribution is 7.88. The quantitative estimate of drug-likeness (QED) is 0.370. The number of hydrogen-bond donors (Lipinski definition) is 1. The molecule has 0 fully saturated rings. The standard InChI is InChI=1S/C26H24N8O2S/c1-17-6-5-8-21(29-17)25-20(14-33(32-25)13-19-7-3-4-10-27-19)18-9-11-28-22(12-18)26-30-23-15-34(37(2,35)36)16-24(23)31-26/h3-12,14H,13,15-16H2,1-2H3,(H,30,31). The van der Waals surface area contributed by atoms with E-state index < -0.39 is 10.0 Å². The molecule has 6 heterocycles. The van der Waals surface area contributed by atoms with E-state index in [2.05, 4.69) is 19.9 Å². The first-order valence-corrected chi connectivity index (χ1v) is 13.6. The minimum atomic E-state index is -3.28. The topological polar surface area (TPSA) is 123 Å². The Morgan fingerprint density at radius 2 is 1.86 bits per heavy atom. The van der Waals surface area contributed by atoms with Crippen LogP contribution in [0, 0.1) is 6.92 Å². The molecule has 186 valence electrons. The SMILES string of the molecule is Cc1cccc(-c2nn(Cc3ccccn3)cc2-c2ccnc(-c3nc4c([nH]3)CN(S(C)(=O)=O)C4)c2)n1. The highest BCUT2D eigenvalue weighted by Gasteiger charge is 2.29. The highest BCUT2D eigenvalue weighted by Crippen LogP contribution is 2.33. The third-order valence-electron chi connectivity index (χ3n) is 6.25. The number of imidazole rings is 1. The number of aryl methyl sites for hydroxylation is 1. The number of hydrogen-bond acceptors (Lipinski definition) is 7. The fraction of sp³-hybridized carbons (Fsp3) is 0.192. The summed E-state index contributed by atoms with van der Waals surface area (Å²) < 4.78 is 27.1. The van der Waals surface area contributed by atoms with E-state index in [1.165, 1.54) is 10.6 Å². The van der Waals surface area contributed by atoms with Crippen molar-refractivity contribution in [3.8, 4) is 34.0 Å². The summed E-state index contributed by atoms with van der Waals surface area (Å²) in [6, 6.07) is 15.6. The van der Waals surface area contributed by atoms with Gasteiger partial charge in [0.25, 0.3) is 0 Å². The molecule has 1 aliphatic heterocycles. The second-order valence-corrected chi connectivity index (χ2v) is 11.0. The van der Waals surface area contributed by atoms with Gasteiger partial charge in [-0.1, -0.05) is 12.1 Å². The molecule has 5 aromatic heterocycles. The predicted molar refractivity (Wildman–Crippen MR) is 138 cm³/mol. The van der Waals surface area contributed by atoms with Gasteiger partial charge in [0.1, 0.15) is 11.4 Å². The van der Waals surface area contributed by atoms with E-state index in [-0.39, 0.29) is 13.1 Å². The van der Waals surface area contributed by atoms with Crippen LogP contribution in [0.15, 0.2) is 67.1 Å². The van der Waals surface area contributed by atoms with Crippen LogP contribution in [0.5, 0.6) is 0 Å². The maximum Gasteiger partial charge on any atom is 0.211 e. The molecule has 11 heteroatoms. The fourth-order valence-corrected chi connectivity index (χ4v) is 5.15. The van der Waals surface area contributed by atoms with Crippen molar-refractivity contribution in [2.45, 2.75) is 26.6 Å². The predicted octanol–water partition coefficient (Wildman–Crippen LogP) is 3.42. The highest BCUT2D eigenvalue weighted by atomic mass is 32.2. The van der Waals surface area contributed by atoms with Gasteiger partial charge in [0.2, 0.25) is 10.0 Å². The smallest absolute Gasteiger partial charge is 0.211 e. The van der Waals surface area contributed by atoms with Crippen molar-refractivity contribution >= 4 is 10.0 Å². The third kappa shape index (κ3) is 4.66. The molecule has 5 aromatic rings. The molecule has 0 saturated carbocycles. The Morgan fingerprint density at radius 1 is 0.973 bits per heavy atom. The number of nitrogens with zero attached hydrogens (tertiary/aromatic N) is 7. The lowest BCUT2D eigenvalue weighted by Crippen LogP contribution is -2.24. The van der Waals surface area contributed by atoms with Crippen LogP contribution >= 0.6 is 0 Å². The molecule has 0 amide bonds. The van der Waals surface area contributed by atoms with Crippen molar-refractivity contribution < 1.29 is 8.42 Å². The van der Waals surface area contributed by atoms with E-state index in [0.717, 1.165) is 45.3 Å². The number of nitrogens with one attached hydrogen (secondary N) is 1. The lowest BCUT2D eigenvalue weighted by atomic mass is 10.0. The van der Waals surface area contributed by atoms with Gasteiger partial charge in [-0.15, -0.1) is 0 Å². The first-order valence-electron chi connectivity index (χ1n) is 11.7. The number of aromatic amines is 1. The molecule has 10 nitrogen and oxygen atoms in total. The molecule has 0 aromatic carbocycles. The summed E-state index contributed by atoms with van der Waals surface area (Å²) in [4.78, 5) is 21.6. The van der Waals surface area contributed by atoms with Gasteiger partial charge in [-0.2, -0.15) is 9.40 Å². The monoisotopic (exact) mass is 512 g/mol. The number of fused-ring (bicyclic) bond motifs is 1. The molecule has 0 saturated heterocycles. The zero-order valence-electron chi connectivity index (χ0n) is 20.3. The van der Waals surface area contributed by atoms with Gasteiger partial charge in [0.15, 0.2) is 5.82 Å². The first kappa shape index (κ1) is 23.2. The van der Waals surface area contributed by atoms with Crippen LogP contribution in [-0.2, 0) is 29.7 Å². The third-order valence-corrected chi connectivity index (χ3v) is 7.45. The molecule has 0 radical (unpaired) electrons. The van der Waals surface area contributed by atoms with Crippen LogP contribution in [0.1, 0.15) is 22.8 Å². The summed E-state index contributed by atoms with van der Waals surface area (Å²) in [7, 11) is -3.28. The van der Waals surface area contributed by atoms with E-state index in [9.17, 15) is 8.42 Å². The van der Waals surface area contributed by atoms with Crippen molar-refractivity contribution in [1.82, 2.24) is 39.0 Å². The normalized spacial score (nSPS) is 13.7. The van der Waals surface area contributed by atoms with Gasteiger partial charge in [-0.25, -0.2) is 13.4 Å². The van der Waals surface area contributed by atoms with Crippen molar-refractivity contribution in [3.05, 3.63) is 89.9 Å². The average Bonchev–Trinajstić information content (AvgIpc) is 3.58. The molecule has 0 bridgehead atoms. The molecule has 0 atom stereocenters. The fourth-order valence-electron chi connectivity index (χ4n) is 4.43. The van der Waals surface area contributed by atoms with Gasteiger partial charge in [0.05, 0.1) is 48.7 Å². The molecule has 0 unspecified atom stereocenters. The van der Waals surface area contributed by atoms with Gasteiger partial charge < -0.3 is 4.98 Å². The Balaban J connectivity index is 1.38. The Hall–Kier alpha value is -4.22. The average molecular weight is 513 g/mol. The number of H-pyrrole nitrogens is 1. The van der Waals surface area contributed by atoms with Gasteiger partial charge in [-0.3, -0.25) is 19.6 Å². The Morgan fingerprint density at radius 3 is 2.62 bits per heavy atom. The molecule has 0 aliphatic carbocycles. The summed E-state index contributed by atoms with van der Waals surface area (Å²) in [6.07, 6.45) is 6.72. The Kier molecular flexibility index (Phi) is 5.65. The van der Waals surface area contributed by atoms with Crippen LogP contribution in [-0.4, -0.2) is 53.7 Å². The second kappa shape index (κ2) is 9.02. The van der Waals surface area contributed by atoms with Gasteiger partial charge in [0, 0.05) is 29.8 Å². The van der Waals surface area contributed by atoms with Crippen LogP contribution in [0.25, 0.3) is 34.0 Å². The molecule has 1 N–H and O–H groups in total. The molecule has 0 spiro atoms. The van der Waals surface area contributed by atoms with E-state index in [1.807, 2.05) is 66.3 Å². The van der Waals surface area contributed by atoms with Crippen molar-refractivity contribution in [2.24, 2.45) is 0 Å². The molecule has 6 rings (SSSR count). The van der Waals surface area contributed by atoms with Crippen molar-refractivity contribution in [1.29, 1.82) is 0 Å². The van der Waals surface area contributed by atoms with Crippen molar-refractivity contribution in [2.75, 3.05) is 6.26 Å². The largest absolute Gasteiger partial charge is 0.339 e. The summed E-state index contributed by atoms with van der Waals surface area (Å²) >= 11 is 0. The lowest BCUT2D eigenvalue weighted by molar-refractivity contribution is 0.431. The number of sulfonamides is 1. The summed E-state index contributed by atoms with van der Waals surface area (Å²) in [5.74, 6) is 0.608. The zero-order chi connectivity index (χ0) is 25.6. The van der Waals surface area contributed by atoms with Crippen molar-refractivity contribution in [3.63, 3.8) is 0 Å².